The smallest absolute Gasteiger partial charge is 0.472 e. The molecule has 0 spiro atoms. The van der Waals surface area contributed by atoms with Crippen molar-refractivity contribution in [3.05, 3.63) is 11.4 Å². The summed E-state index contributed by atoms with van der Waals surface area (Å²) < 4.78 is 35.1. The third-order valence-electron chi connectivity index (χ3n) is 12.1. The SMILES string of the molecule is [C-]#[N+]C(C)(CCC(=O)O)C(C)(CC(C)(CC(C)(CS)C(=O)OCCOP(=O)(O)OCC[N+](C)(C)C)C(=O)OCCNC(=O)CCCCC1CCSS1)C(=O)NCCC[N+](C)(C)CCCC. The number of aliphatic carboxylic acids is 1. The summed E-state index contributed by atoms with van der Waals surface area (Å²) in [7, 11) is 9.24. The number of rotatable bonds is 35. The molecule has 0 aromatic carbocycles. The lowest BCUT2D eigenvalue weighted by Gasteiger charge is -2.44. The number of unbranched alkanes of at least 4 members (excludes halogenated alkanes) is 2. The number of carboxylic acid groups (broad SMARTS) is 1. The van der Waals surface area contributed by atoms with Crippen LogP contribution in [0, 0.1) is 22.8 Å². The van der Waals surface area contributed by atoms with Crippen molar-refractivity contribution >= 4 is 71.8 Å². The van der Waals surface area contributed by atoms with Gasteiger partial charge in [-0.25, -0.2) is 11.1 Å². The van der Waals surface area contributed by atoms with Gasteiger partial charge in [-0.1, -0.05) is 41.4 Å². The zero-order valence-corrected chi connectivity index (χ0v) is 44.3. The molecule has 4 N–H and O–H groups in total. The van der Waals surface area contributed by atoms with Crippen molar-refractivity contribution in [2.45, 2.75) is 122 Å². The average molecular weight is 1000 g/mol. The number of hydrogen-bond acceptors (Lipinski definition) is 13. The van der Waals surface area contributed by atoms with Gasteiger partial charge in [0, 0.05) is 49.5 Å². The minimum atomic E-state index is -4.46. The molecule has 65 heavy (non-hydrogen) atoms. The van der Waals surface area contributed by atoms with Gasteiger partial charge in [0.25, 0.3) is 0 Å². The highest BCUT2D eigenvalue weighted by Crippen LogP contribution is 2.51. The quantitative estimate of drug-likeness (QED) is 0.00887. The Hall–Kier alpha value is -2.08. The van der Waals surface area contributed by atoms with Gasteiger partial charge >= 0.3 is 25.7 Å². The van der Waals surface area contributed by atoms with Crippen molar-refractivity contribution in [3.63, 3.8) is 0 Å². The maximum Gasteiger partial charge on any atom is 0.472 e. The molecule has 1 aliphatic heterocycles. The van der Waals surface area contributed by atoms with E-state index in [9.17, 15) is 38.5 Å². The van der Waals surface area contributed by atoms with Crippen molar-refractivity contribution in [2.75, 3.05) is 106 Å². The minimum Gasteiger partial charge on any atom is -0.481 e. The van der Waals surface area contributed by atoms with Gasteiger partial charge in [0.15, 0.2) is 0 Å². The molecule has 17 nitrogen and oxygen atoms in total. The lowest BCUT2D eigenvalue weighted by Crippen LogP contribution is -2.56. The molecule has 1 aliphatic rings. The van der Waals surface area contributed by atoms with Crippen molar-refractivity contribution < 1.29 is 66.0 Å². The molecule has 0 bridgehead atoms. The molecule has 0 saturated carbocycles. The van der Waals surface area contributed by atoms with Gasteiger partial charge in [-0.3, -0.25) is 33.0 Å². The van der Waals surface area contributed by atoms with E-state index in [0.717, 1.165) is 55.4 Å². The van der Waals surface area contributed by atoms with E-state index in [1.165, 1.54) is 27.2 Å². The van der Waals surface area contributed by atoms with Crippen LogP contribution >= 0.6 is 42.0 Å². The summed E-state index contributed by atoms with van der Waals surface area (Å²) in [4.78, 5) is 81.5. The van der Waals surface area contributed by atoms with Gasteiger partial charge in [0.1, 0.15) is 31.8 Å². The average Bonchev–Trinajstić information content (AvgIpc) is 3.75. The van der Waals surface area contributed by atoms with Crippen LogP contribution in [0.4, 0.5) is 0 Å². The Labute approximate surface area is 402 Å². The minimum absolute atomic E-state index is 0.0126. The largest absolute Gasteiger partial charge is 0.481 e. The van der Waals surface area contributed by atoms with Crippen molar-refractivity contribution in [3.8, 4) is 0 Å². The number of carbonyl (C=O) groups excluding carboxylic acids is 4. The highest BCUT2D eigenvalue weighted by atomic mass is 33.1. The standard InChI is InChI=1S/C44H80N5O12PS3/c1-12-13-24-49(10,11)25-16-22-47-38(53)43(4,44(5,45-6)21-19-37(51)52)33-41(2,39(54)58-27-23-46-36(50)18-15-14-17-35-20-31-64-65-35)32-42(3,34-63)40(55)59-29-30-61-62(56,57)60-28-26-48(7,8)9/h35H,12-34H2,1-5,7-11H3,(H3-2,46,47,50,51,52,53,56,57,63)/p+2. The molecular weight excluding hydrogens is 918 g/mol. The Balaban J connectivity index is 3.42. The van der Waals surface area contributed by atoms with E-state index in [4.69, 9.17) is 25.1 Å². The number of quaternary nitrogens is 2. The number of likely N-dealkylation sites (N-methyl/N-ethyl adjacent to an activating group) is 1. The first-order chi connectivity index (χ1) is 30.1. The van der Waals surface area contributed by atoms with E-state index in [1.807, 2.05) is 42.7 Å². The van der Waals surface area contributed by atoms with Crippen LogP contribution in [0.1, 0.15) is 112 Å². The first-order valence-corrected chi connectivity index (χ1v) is 27.3. The van der Waals surface area contributed by atoms with Crippen LogP contribution in [0.25, 0.3) is 4.85 Å². The number of phosphoric acid groups is 1. The van der Waals surface area contributed by atoms with Gasteiger partial charge in [-0.2, -0.15) is 12.6 Å². The van der Waals surface area contributed by atoms with E-state index < -0.39 is 73.1 Å². The zero-order valence-electron chi connectivity index (χ0n) is 40.9. The number of nitrogens with zero attached hydrogens (tertiary/aromatic N) is 3. The van der Waals surface area contributed by atoms with Crippen LogP contribution in [0.2, 0.25) is 0 Å². The molecule has 376 valence electrons. The number of amides is 2. The number of phosphoric ester groups is 1. The number of nitrogens with one attached hydrogen (secondary N) is 2. The monoisotopic (exact) mass is 999 g/mol. The summed E-state index contributed by atoms with van der Waals surface area (Å²) >= 11 is 4.49. The highest BCUT2D eigenvalue weighted by Gasteiger charge is 2.61. The fraction of sp³-hybridized carbons (Fsp3) is 0.864. The number of carboxylic acids is 1. The summed E-state index contributed by atoms with van der Waals surface area (Å²) in [6, 6.07) is 0. The first kappa shape index (κ1) is 60.9. The molecule has 1 rings (SSSR count). The van der Waals surface area contributed by atoms with E-state index in [1.54, 1.807) is 6.92 Å². The second-order valence-corrected chi connectivity index (χ2v) is 24.5. The Morgan fingerprint density at radius 3 is 2.05 bits per heavy atom. The Kier molecular flexibility index (Phi) is 26.6. The van der Waals surface area contributed by atoms with Crippen LogP contribution in [-0.2, 0) is 47.1 Å². The summed E-state index contributed by atoms with van der Waals surface area (Å²) in [6.07, 6.45) is 5.68. The van der Waals surface area contributed by atoms with Crippen LogP contribution in [0.15, 0.2) is 0 Å². The van der Waals surface area contributed by atoms with Crippen LogP contribution in [0.5, 0.6) is 0 Å². The Morgan fingerprint density at radius 1 is 0.831 bits per heavy atom. The molecule has 21 heteroatoms. The van der Waals surface area contributed by atoms with Crippen molar-refractivity contribution in [2.24, 2.45) is 16.2 Å². The predicted octanol–water partition coefficient (Wildman–Crippen LogP) is 6.40. The number of hydrogen-bond donors (Lipinski definition) is 5. The van der Waals surface area contributed by atoms with Crippen LogP contribution < -0.4 is 10.6 Å². The fourth-order valence-corrected chi connectivity index (χ4v) is 11.7. The Bertz CT molecular complexity index is 1630. The van der Waals surface area contributed by atoms with E-state index >= 15 is 0 Å². The van der Waals surface area contributed by atoms with E-state index in [0.29, 0.717) is 29.1 Å². The third kappa shape index (κ3) is 22.7. The molecule has 0 radical (unpaired) electrons. The second-order valence-electron chi connectivity index (χ2n) is 19.9. The molecule has 6 unspecified atom stereocenters. The highest BCUT2D eigenvalue weighted by molar-refractivity contribution is 8.77. The van der Waals surface area contributed by atoms with Gasteiger partial charge in [-0.05, 0) is 59.3 Å². The Morgan fingerprint density at radius 2 is 1.46 bits per heavy atom. The maximum absolute atomic E-state index is 14.6. The van der Waals surface area contributed by atoms with Crippen molar-refractivity contribution in [1.29, 1.82) is 0 Å². The molecular formula is C44H82N5O12PS3+2. The van der Waals surface area contributed by atoms with Gasteiger partial charge in [0.2, 0.25) is 17.4 Å². The van der Waals surface area contributed by atoms with Gasteiger partial charge in [-0.15, -0.1) is 0 Å². The fourth-order valence-electron chi connectivity index (χ4n) is 7.71. The first-order valence-electron chi connectivity index (χ1n) is 22.8. The van der Waals surface area contributed by atoms with Crippen LogP contribution in [0.3, 0.4) is 0 Å². The van der Waals surface area contributed by atoms with Gasteiger partial charge in [0.05, 0.1) is 78.7 Å². The number of carbonyl (C=O) groups is 5. The lowest BCUT2D eigenvalue weighted by atomic mass is 9.58. The molecule has 0 aliphatic carbocycles. The summed E-state index contributed by atoms with van der Waals surface area (Å²) in [5.41, 5.74) is -6.58. The lowest BCUT2D eigenvalue weighted by molar-refractivity contribution is -0.890. The molecule has 6 atom stereocenters. The molecule has 2 amide bonds. The second kappa shape index (κ2) is 28.4. The molecule has 0 aromatic heterocycles. The van der Waals surface area contributed by atoms with E-state index in [2.05, 4.69) is 49.1 Å². The molecule has 1 heterocycles. The summed E-state index contributed by atoms with van der Waals surface area (Å²) in [5, 5.41) is 16.1. The molecule has 0 aromatic rings. The third-order valence-corrected chi connectivity index (χ3v) is 16.8. The zero-order chi connectivity index (χ0) is 49.6. The van der Waals surface area contributed by atoms with Crippen LogP contribution in [-0.4, -0.2) is 165 Å². The normalized spacial score (nSPS) is 19.0. The summed E-state index contributed by atoms with van der Waals surface area (Å²) in [5.74, 6) is -2.52. The molecule has 1 fully saturated rings. The predicted molar refractivity (Wildman–Crippen MR) is 260 cm³/mol. The maximum atomic E-state index is 14.6. The number of ether oxygens (including phenoxy) is 2. The number of thiol groups is 1. The summed E-state index contributed by atoms with van der Waals surface area (Å²) in [6.45, 7) is 17.8. The van der Waals surface area contributed by atoms with Crippen molar-refractivity contribution in [1.82, 2.24) is 10.6 Å². The molecule has 1 saturated heterocycles. The van der Waals surface area contributed by atoms with E-state index in [-0.39, 0.29) is 57.2 Å². The number of esters is 2. The van der Waals surface area contributed by atoms with Gasteiger partial charge < -0.3 is 43.9 Å². The topological polar surface area (TPSA) is 208 Å².